The van der Waals surface area contributed by atoms with Gasteiger partial charge in [-0.25, -0.2) is 4.39 Å². The number of nitrogens with zero attached hydrogens (tertiary/aromatic N) is 1. The molecule has 1 atom stereocenters. The van der Waals surface area contributed by atoms with Crippen LogP contribution in [-0.4, -0.2) is 38.1 Å². The third kappa shape index (κ3) is 2.06. The second-order valence-corrected chi connectivity index (χ2v) is 5.90. The van der Waals surface area contributed by atoms with Gasteiger partial charge in [0.25, 0.3) is 0 Å². The van der Waals surface area contributed by atoms with Crippen molar-refractivity contribution in [2.45, 2.75) is 18.8 Å². The molecule has 1 unspecified atom stereocenters. The fraction of sp³-hybridized carbons (Fsp3) is 0.600. The summed E-state index contributed by atoms with van der Waals surface area (Å²) in [6.07, 6.45) is 2.44. The summed E-state index contributed by atoms with van der Waals surface area (Å²) in [7, 11) is 2.19. The predicted octanol–water partition coefficient (Wildman–Crippen LogP) is 2.22. The summed E-state index contributed by atoms with van der Waals surface area (Å²) in [6, 6.07) is 7.18. The summed E-state index contributed by atoms with van der Waals surface area (Å²) >= 11 is 0. The number of halogens is 1. The minimum Gasteiger partial charge on any atom is -0.316 e. The van der Waals surface area contributed by atoms with Crippen molar-refractivity contribution in [3.05, 3.63) is 35.6 Å². The van der Waals surface area contributed by atoms with Crippen LogP contribution in [0.25, 0.3) is 0 Å². The van der Waals surface area contributed by atoms with Crippen molar-refractivity contribution in [2.75, 3.05) is 33.2 Å². The topological polar surface area (TPSA) is 15.3 Å². The van der Waals surface area contributed by atoms with Crippen LogP contribution >= 0.6 is 0 Å². The van der Waals surface area contributed by atoms with E-state index in [9.17, 15) is 4.39 Å². The van der Waals surface area contributed by atoms with Crippen molar-refractivity contribution in [3.8, 4) is 0 Å². The molecule has 2 aliphatic heterocycles. The summed E-state index contributed by atoms with van der Waals surface area (Å²) < 4.78 is 13.4. The Kier molecular flexibility index (Phi) is 3.12. The van der Waals surface area contributed by atoms with Gasteiger partial charge in [0.1, 0.15) is 5.82 Å². The molecule has 0 aromatic heterocycles. The van der Waals surface area contributed by atoms with Crippen LogP contribution < -0.4 is 5.32 Å². The molecule has 0 saturated carbocycles. The third-order valence-corrected chi connectivity index (χ3v) is 4.80. The van der Waals surface area contributed by atoms with Gasteiger partial charge in [0.15, 0.2) is 0 Å². The number of hydrogen-bond donors (Lipinski definition) is 1. The van der Waals surface area contributed by atoms with E-state index in [1.54, 1.807) is 6.07 Å². The maximum Gasteiger partial charge on any atom is 0.123 e. The van der Waals surface area contributed by atoms with Crippen molar-refractivity contribution >= 4 is 0 Å². The smallest absolute Gasteiger partial charge is 0.123 e. The van der Waals surface area contributed by atoms with E-state index in [0.29, 0.717) is 11.3 Å². The number of benzene rings is 1. The largest absolute Gasteiger partial charge is 0.316 e. The molecular formula is C15H21FN2. The first-order chi connectivity index (χ1) is 8.70. The molecule has 3 rings (SSSR count). The molecule has 1 aromatic rings. The first-order valence-electron chi connectivity index (χ1n) is 6.84. The Morgan fingerprint density at radius 2 is 2.11 bits per heavy atom. The van der Waals surface area contributed by atoms with E-state index in [2.05, 4.69) is 23.3 Å². The summed E-state index contributed by atoms with van der Waals surface area (Å²) in [6.45, 7) is 4.40. The molecule has 0 amide bonds. The van der Waals surface area contributed by atoms with Crippen LogP contribution in [0.4, 0.5) is 4.39 Å². The van der Waals surface area contributed by atoms with Gasteiger partial charge in [-0.1, -0.05) is 12.1 Å². The lowest BCUT2D eigenvalue weighted by Gasteiger charge is -2.41. The van der Waals surface area contributed by atoms with Gasteiger partial charge in [0.2, 0.25) is 0 Å². The van der Waals surface area contributed by atoms with Crippen LogP contribution in [0, 0.1) is 11.2 Å². The summed E-state index contributed by atoms with van der Waals surface area (Å²) in [5.74, 6) is 0.365. The summed E-state index contributed by atoms with van der Waals surface area (Å²) in [5.41, 5.74) is 1.52. The van der Waals surface area contributed by atoms with Gasteiger partial charge in [0.05, 0.1) is 0 Å². The number of piperidine rings is 1. The molecule has 2 saturated heterocycles. The Labute approximate surface area is 108 Å². The van der Waals surface area contributed by atoms with Crippen LogP contribution in [0.3, 0.4) is 0 Å². The highest BCUT2D eigenvalue weighted by molar-refractivity contribution is 5.26. The van der Waals surface area contributed by atoms with Crippen molar-refractivity contribution < 1.29 is 4.39 Å². The van der Waals surface area contributed by atoms with Crippen LogP contribution in [0.2, 0.25) is 0 Å². The minimum absolute atomic E-state index is 0.109. The van der Waals surface area contributed by atoms with Crippen molar-refractivity contribution in [1.29, 1.82) is 0 Å². The number of nitrogens with one attached hydrogen (secondary N) is 1. The highest BCUT2D eigenvalue weighted by Gasteiger charge is 2.44. The van der Waals surface area contributed by atoms with E-state index in [0.717, 1.165) is 26.2 Å². The van der Waals surface area contributed by atoms with Gasteiger partial charge in [-0.15, -0.1) is 0 Å². The van der Waals surface area contributed by atoms with Crippen LogP contribution in [0.5, 0.6) is 0 Å². The van der Waals surface area contributed by atoms with E-state index < -0.39 is 0 Å². The Bertz CT molecular complexity index is 424. The SMILES string of the molecule is CN1CCC2(CC1)CNCC2c1cccc(F)c1. The molecule has 0 radical (unpaired) electrons. The lowest BCUT2D eigenvalue weighted by molar-refractivity contribution is 0.124. The van der Waals surface area contributed by atoms with E-state index in [4.69, 9.17) is 0 Å². The van der Waals surface area contributed by atoms with Crippen LogP contribution in [0.15, 0.2) is 24.3 Å². The molecule has 98 valence electrons. The molecule has 2 nitrogen and oxygen atoms in total. The molecule has 2 heterocycles. The number of rotatable bonds is 1. The van der Waals surface area contributed by atoms with E-state index in [-0.39, 0.29) is 5.82 Å². The Morgan fingerprint density at radius 3 is 2.83 bits per heavy atom. The zero-order valence-electron chi connectivity index (χ0n) is 11.0. The molecular weight excluding hydrogens is 227 g/mol. The average molecular weight is 248 g/mol. The van der Waals surface area contributed by atoms with Gasteiger partial charge in [-0.05, 0) is 56.1 Å². The van der Waals surface area contributed by atoms with Gasteiger partial charge in [-0.3, -0.25) is 0 Å². The summed E-state index contributed by atoms with van der Waals surface area (Å²) in [4.78, 5) is 2.40. The monoisotopic (exact) mass is 248 g/mol. The zero-order chi connectivity index (χ0) is 12.6. The predicted molar refractivity (Wildman–Crippen MR) is 71.2 cm³/mol. The van der Waals surface area contributed by atoms with Crippen LogP contribution in [-0.2, 0) is 0 Å². The first kappa shape index (κ1) is 12.1. The maximum atomic E-state index is 13.4. The molecule has 2 aliphatic rings. The minimum atomic E-state index is -0.109. The highest BCUT2D eigenvalue weighted by atomic mass is 19.1. The van der Waals surface area contributed by atoms with Crippen molar-refractivity contribution in [3.63, 3.8) is 0 Å². The van der Waals surface area contributed by atoms with Gasteiger partial charge in [-0.2, -0.15) is 0 Å². The van der Waals surface area contributed by atoms with Crippen LogP contribution in [0.1, 0.15) is 24.3 Å². The second-order valence-electron chi connectivity index (χ2n) is 5.90. The Morgan fingerprint density at radius 1 is 1.33 bits per heavy atom. The molecule has 3 heteroatoms. The molecule has 0 aliphatic carbocycles. The fourth-order valence-electron chi connectivity index (χ4n) is 3.59. The Hall–Kier alpha value is -0.930. The lowest BCUT2D eigenvalue weighted by Crippen LogP contribution is -2.41. The molecule has 0 bridgehead atoms. The third-order valence-electron chi connectivity index (χ3n) is 4.80. The average Bonchev–Trinajstić information content (AvgIpc) is 2.77. The summed E-state index contributed by atoms with van der Waals surface area (Å²) in [5, 5.41) is 3.52. The second kappa shape index (κ2) is 4.63. The normalized spacial score (nSPS) is 27.8. The highest BCUT2D eigenvalue weighted by Crippen LogP contribution is 2.46. The van der Waals surface area contributed by atoms with Crippen molar-refractivity contribution in [2.24, 2.45) is 5.41 Å². The molecule has 1 spiro atoms. The number of hydrogen-bond acceptors (Lipinski definition) is 2. The van der Waals surface area contributed by atoms with Gasteiger partial charge in [0, 0.05) is 19.0 Å². The molecule has 1 aromatic carbocycles. The lowest BCUT2D eigenvalue weighted by atomic mass is 9.68. The number of likely N-dealkylation sites (tertiary alicyclic amines) is 1. The standard InChI is InChI=1S/C15H21FN2/c1-18-7-5-15(6-8-18)11-17-10-14(15)12-3-2-4-13(16)9-12/h2-4,9,14,17H,5-8,10-11H2,1H3. The van der Waals surface area contributed by atoms with Gasteiger partial charge < -0.3 is 10.2 Å². The quantitative estimate of drug-likeness (QED) is 0.820. The van der Waals surface area contributed by atoms with E-state index in [1.165, 1.54) is 24.5 Å². The zero-order valence-corrected chi connectivity index (χ0v) is 11.0. The van der Waals surface area contributed by atoms with E-state index in [1.807, 2.05) is 6.07 Å². The van der Waals surface area contributed by atoms with E-state index >= 15 is 0 Å². The molecule has 18 heavy (non-hydrogen) atoms. The first-order valence-corrected chi connectivity index (χ1v) is 6.84. The Balaban J connectivity index is 1.87. The molecule has 1 N–H and O–H groups in total. The van der Waals surface area contributed by atoms with Gasteiger partial charge >= 0.3 is 0 Å². The fourth-order valence-corrected chi connectivity index (χ4v) is 3.59. The maximum absolute atomic E-state index is 13.4. The molecule has 2 fully saturated rings. The van der Waals surface area contributed by atoms with Crippen molar-refractivity contribution in [1.82, 2.24) is 10.2 Å².